The van der Waals surface area contributed by atoms with Crippen LogP contribution >= 0.6 is 0 Å². The van der Waals surface area contributed by atoms with Crippen molar-refractivity contribution in [1.82, 2.24) is 4.98 Å². The number of aromatic nitrogens is 1. The molecule has 0 N–H and O–H groups in total. The van der Waals surface area contributed by atoms with Gasteiger partial charge in [0.2, 0.25) is 0 Å². The van der Waals surface area contributed by atoms with Crippen LogP contribution in [0.5, 0.6) is 0 Å². The number of hydrogen-bond acceptors (Lipinski definition) is 3. The third kappa shape index (κ3) is 3.47. The summed E-state index contributed by atoms with van der Waals surface area (Å²) in [4.78, 5) is 6.62. The van der Waals surface area contributed by atoms with Gasteiger partial charge in [0, 0.05) is 22.7 Å². The number of nitriles is 1. The van der Waals surface area contributed by atoms with E-state index < -0.39 is 0 Å². The van der Waals surface area contributed by atoms with Crippen molar-refractivity contribution in [2.45, 2.75) is 19.3 Å². The van der Waals surface area contributed by atoms with Crippen molar-refractivity contribution in [1.29, 1.82) is 5.26 Å². The SMILES string of the molecule is CC1(C)c2ccccc2N(c2ccccc2-c2ccc(-c3ccc(C#N)nc3)cc2)c2ccccc21. The molecule has 1 aromatic heterocycles. The van der Waals surface area contributed by atoms with Crippen molar-refractivity contribution >= 4 is 17.1 Å². The molecule has 36 heavy (non-hydrogen) atoms. The van der Waals surface area contributed by atoms with E-state index in [2.05, 4.69) is 127 Å². The number of anilines is 3. The van der Waals surface area contributed by atoms with Gasteiger partial charge in [-0.05, 0) is 52.6 Å². The molecule has 0 amide bonds. The molecular formula is C33H25N3. The Kier molecular flexibility index (Phi) is 5.16. The monoisotopic (exact) mass is 463 g/mol. The van der Waals surface area contributed by atoms with Crippen molar-refractivity contribution < 1.29 is 0 Å². The highest BCUT2D eigenvalue weighted by atomic mass is 15.2. The van der Waals surface area contributed by atoms with Gasteiger partial charge in [0.15, 0.2) is 0 Å². The second kappa shape index (κ2) is 8.52. The summed E-state index contributed by atoms with van der Waals surface area (Å²) in [6.45, 7) is 4.62. The minimum atomic E-state index is -0.0879. The van der Waals surface area contributed by atoms with Crippen molar-refractivity contribution in [2.75, 3.05) is 4.90 Å². The summed E-state index contributed by atoms with van der Waals surface area (Å²) >= 11 is 0. The van der Waals surface area contributed by atoms with E-state index in [1.165, 1.54) is 28.1 Å². The summed E-state index contributed by atoms with van der Waals surface area (Å²) in [5.74, 6) is 0. The number of hydrogen-bond donors (Lipinski definition) is 0. The Balaban J connectivity index is 1.48. The Bertz CT molecular complexity index is 1560. The van der Waals surface area contributed by atoms with Crippen LogP contribution in [0.25, 0.3) is 22.3 Å². The molecule has 3 heteroatoms. The van der Waals surface area contributed by atoms with Crippen LogP contribution in [-0.2, 0) is 5.41 Å². The maximum absolute atomic E-state index is 9.03. The van der Waals surface area contributed by atoms with Crippen molar-refractivity contribution in [3.63, 3.8) is 0 Å². The fourth-order valence-electron chi connectivity index (χ4n) is 5.31. The topological polar surface area (TPSA) is 39.9 Å². The van der Waals surface area contributed by atoms with E-state index in [1.54, 1.807) is 12.3 Å². The lowest BCUT2D eigenvalue weighted by Crippen LogP contribution is -2.30. The first-order valence-corrected chi connectivity index (χ1v) is 12.1. The molecule has 3 nitrogen and oxygen atoms in total. The van der Waals surface area contributed by atoms with Gasteiger partial charge in [0.05, 0.1) is 17.1 Å². The van der Waals surface area contributed by atoms with Crippen LogP contribution in [0.1, 0.15) is 30.7 Å². The highest BCUT2D eigenvalue weighted by Gasteiger charge is 2.36. The van der Waals surface area contributed by atoms with Gasteiger partial charge in [-0.1, -0.05) is 92.7 Å². The first kappa shape index (κ1) is 21.8. The predicted octanol–water partition coefficient (Wildman–Crippen LogP) is 8.40. The highest BCUT2D eigenvalue weighted by Crippen LogP contribution is 2.53. The van der Waals surface area contributed by atoms with E-state index in [1.807, 2.05) is 6.07 Å². The van der Waals surface area contributed by atoms with Crippen LogP contribution in [0.15, 0.2) is 115 Å². The Labute approximate surface area is 211 Å². The quantitative estimate of drug-likeness (QED) is 0.270. The Morgan fingerprint density at radius 3 is 1.72 bits per heavy atom. The molecule has 0 spiro atoms. The van der Waals surface area contributed by atoms with E-state index in [0.717, 1.165) is 22.4 Å². The minimum Gasteiger partial charge on any atom is -0.309 e. The lowest BCUT2D eigenvalue weighted by Gasteiger charge is -2.42. The van der Waals surface area contributed by atoms with Crippen LogP contribution in [0.4, 0.5) is 17.1 Å². The normalized spacial score (nSPS) is 13.4. The van der Waals surface area contributed by atoms with Crippen LogP contribution < -0.4 is 4.90 Å². The molecule has 2 heterocycles. The number of benzene rings is 4. The summed E-state index contributed by atoms with van der Waals surface area (Å²) in [6.07, 6.45) is 1.75. The molecule has 4 aromatic carbocycles. The second-order valence-corrected chi connectivity index (χ2v) is 9.63. The lowest BCUT2D eigenvalue weighted by molar-refractivity contribution is 0.632. The van der Waals surface area contributed by atoms with Crippen LogP contribution in [-0.4, -0.2) is 4.98 Å². The average Bonchev–Trinajstić information content (AvgIpc) is 2.94. The Hall–Kier alpha value is -4.68. The average molecular weight is 464 g/mol. The van der Waals surface area contributed by atoms with Gasteiger partial charge in [0.1, 0.15) is 11.8 Å². The van der Waals surface area contributed by atoms with E-state index >= 15 is 0 Å². The predicted molar refractivity (Wildman–Crippen MR) is 147 cm³/mol. The number of pyridine rings is 1. The third-order valence-electron chi connectivity index (χ3n) is 7.19. The first-order chi connectivity index (χ1) is 17.6. The van der Waals surface area contributed by atoms with Gasteiger partial charge in [-0.2, -0.15) is 5.26 Å². The van der Waals surface area contributed by atoms with E-state index in [9.17, 15) is 0 Å². The largest absolute Gasteiger partial charge is 0.309 e. The standard InChI is InChI=1S/C33H25N3/c1-33(2)28-10-4-7-13-31(28)36(32-14-8-5-11-29(32)33)30-12-6-3-9-27(30)24-17-15-23(16-18-24)25-19-20-26(21-34)35-22-25/h3-20,22H,1-2H3. The molecule has 0 fully saturated rings. The molecule has 0 unspecified atom stereocenters. The summed E-state index contributed by atoms with van der Waals surface area (Å²) < 4.78 is 0. The lowest BCUT2D eigenvalue weighted by atomic mass is 9.73. The minimum absolute atomic E-state index is 0.0879. The summed E-state index contributed by atoms with van der Waals surface area (Å²) in [6, 6.07) is 40.4. The number of fused-ring (bicyclic) bond motifs is 2. The van der Waals surface area contributed by atoms with Crippen molar-refractivity contribution in [3.05, 3.63) is 132 Å². The molecule has 6 rings (SSSR count). The highest BCUT2D eigenvalue weighted by molar-refractivity contribution is 5.92. The summed E-state index contributed by atoms with van der Waals surface area (Å²) in [5.41, 5.74) is 11.0. The molecule has 1 aliphatic heterocycles. The van der Waals surface area contributed by atoms with Crippen LogP contribution in [0, 0.1) is 11.3 Å². The molecule has 0 saturated heterocycles. The molecular weight excluding hydrogens is 438 g/mol. The van der Waals surface area contributed by atoms with E-state index in [4.69, 9.17) is 5.26 Å². The van der Waals surface area contributed by atoms with Crippen molar-refractivity contribution in [3.8, 4) is 28.3 Å². The molecule has 0 atom stereocenters. The van der Waals surface area contributed by atoms with Gasteiger partial charge in [0.25, 0.3) is 0 Å². The smallest absolute Gasteiger partial charge is 0.140 e. The molecule has 0 bridgehead atoms. The fraction of sp³-hybridized carbons (Fsp3) is 0.0909. The van der Waals surface area contributed by atoms with E-state index in [-0.39, 0.29) is 5.41 Å². The number of para-hydroxylation sites is 3. The van der Waals surface area contributed by atoms with Gasteiger partial charge < -0.3 is 4.90 Å². The van der Waals surface area contributed by atoms with Crippen LogP contribution in [0.3, 0.4) is 0 Å². The van der Waals surface area contributed by atoms with Crippen LogP contribution in [0.2, 0.25) is 0 Å². The van der Waals surface area contributed by atoms with Gasteiger partial charge in [-0.15, -0.1) is 0 Å². The molecule has 0 aliphatic carbocycles. The van der Waals surface area contributed by atoms with E-state index in [0.29, 0.717) is 5.69 Å². The maximum atomic E-state index is 9.03. The molecule has 0 saturated carbocycles. The zero-order valence-corrected chi connectivity index (χ0v) is 20.3. The van der Waals surface area contributed by atoms with Gasteiger partial charge in [-0.3, -0.25) is 0 Å². The van der Waals surface area contributed by atoms with Crippen molar-refractivity contribution in [2.24, 2.45) is 0 Å². The molecule has 5 aromatic rings. The molecule has 172 valence electrons. The summed E-state index contributed by atoms with van der Waals surface area (Å²) in [5, 5.41) is 9.03. The summed E-state index contributed by atoms with van der Waals surface area (Å²) in [7, 11) is 0. The zero-order valence-electron chi connectivity index (χ0n) is 20.3. The third-order valence-corrected chi connectivity index (χ3v) is 7.19. The number of rotatable bonds is 3. The molecule has 1 aliphatic rings. The second-order valence-electron chi connectivity index (χ2n) is 9.63. The first-order valence-electron chi connectivity index (χ1n) is 12.1. The molecule has 0 radical (unpaired) electrons. The van der Waals surface area contributed by atoms with Gasteiger partial charge in [-0.25, -0.2) is 4.98 Å². The number of nitrogens with zero attached hydrogens (tertiary/aromatic N) is 3. The Morgan fingerprint density at radius 1 is 0.611 bits per heavy atom. The van der Waals surface area contributed by atoms with Gasteiger partial charge >= 0.3 is 0 Å². The fourth-order valence-corrected chi connectivity index (χ4v) is 5.31. The Morgan fingerprint density at radius 2 is 1.14 bits per heavy atom. The maximum Gasteiger partial charge on any atom is 0.140 e. The zero-order chi connectivity index (χ0) is 24.7.